The summed E-state index contributed by atoms with van der Waals surface area (Å²) in [6.07, 6.45) is 2.15. The maximum Gasteiger partial charge on any atom is 0.0615 e. The number of hydrogen-bond acceptors (Lipinski definition) is 4. The van der Waals surface area contributed by atoms with Gasteiger partial charge in [0.1, 0.15) is 0 Å². The van der Waals surface area contributed by atoms with Gasteiger partial charge in [-0.05, 0) is 38.8 Å². The predicted molar refractivity (Wildman–Crippen MR) is 65.5 cm³/mol. The van der Waals surface area contributed by atoms with E-state index in [2.05, 4.69) is 18.9 Å². The van der Waals surface area contributed by atoms with Crippen LogP contribution in [0, 0.1) is 5.41 Å². The van der Waals surface area contributed by atoms with E-state index in [-0.39, 0.29) is 5.41 Å². The van der Waals surface area contributed by atoms with Crippen LogP contribution in [0.25, 0.3) is 0 Å². The number of ether oxygens (including phenoxy) is 2. The number of rotatable bonds is 6. The lowest BCUT2D eigenvalue weighted by atomic mass is 9.79. The molecule has 1 rings (SSSR count). The molecule has 0 amide bonds. The van der Waals surface area contributed by atoms with Gasteiger partial charge < -0.3 is 20.1 Å². The highest BCUT2D eigenvalue weighted by Crippen LogP contribution is 2.30. The van der Waals surface area contributed by atoms with Gasteiger partial charge in [0.25, 0.3) is 0 Å². The Hall–Kier alpha value is -0.160. The van der Waals surface area contributed by atoms with Gasteiger partial charge in [0, 0.05) is 32.9 Å². The van der Waals surface area contributed by atoms with E-state index in [0.29, 0.717) is 6.04 Å². The van der Waals surface area contributed by atoms with Crippen molar-refractivity contribution >= 4 is 0 Å². The minimum atomic E-state index is 0.245. The molecule has 1 unspecified atom stereocenters. The standard InChI is InChI=1S/C12H26N2O2/c1-11(8-15-3)14(2)10-12(9-13)4-6-16-7-5-12/h11H,4-10,13H2,1-3H3. The average Bonchev–Trinajstić information content (AvgIpc) is 2.30. The van der Waals surface area contributed by atoms with Gasteiger partial charge in [0.2, 0.25) is 0 Å². The Bertz CT molecular complexity index is 193. The molecule has 0 spiro atoms. The first-order chi connectivity index (χ1) is 7.63. The summed E-state index contributed by atoms with van der Waals surface area (Å²) in [6, 6.07) is 0.441. The van der Waals surface area contributed by atoms with Crippen LogP contribution in [0.3, 0.4) is 0 Å². The zero-order valence-corrected chi connectivity index (χ0v) is 10.9. The molecule has 1 atom stereocenters. The normalized spacial score (nSPS) is 22.3. The fourth-order valence-electron chi connectivity index (χ4n) is 2.28. The smallest absolute Gasteiger partial charge is 0.0615 e. The first-order valence-electron chi connectivity index (χ1n) is 6.10. The molecule has 2 N–H and O–H groups in total. The third-order valence-electron chi connectivity index (χ3n) is 3.73. The quantitative estimate of drug-likeness (QED) is 0.730. The van der Waals surface area contributed by atoms with E-state index in [1.807, 2.05) is 0 Å². The molecule has 0 aromatic heterocycles. The molecule has 4 heteroatoms. The van der Waals surface area contributed by atoms with E-state index in [1.165, 1.54) is 0 Å². The van der Waals surface area contributed by atoms with Gasteiger partial charge in [0.15, 0.2) is 0 Å². The molecule has 1 aliphatic heterocycles. The Kier molecular flexibility index (Phi) is 5.69. The van der Waals surface area contributed by atoms with Crippen LogP contribution in [0.4, 0.5) is 0 Å². The Labute approximate surface area is 99.1 Å². The minimum Gasteiger partial charge on any atom is -0.383 e. The number of nitrogens with two attached hydrogens (primary N) is 1. The van der Waals surface area contributed by atoms with E-state index in [4.69, 9.17) is 15.2 Å². The second-order valence-electron chi connectivity index (χ2n) is 5.04. The van der Waals surface area contributed by atoms with Crippen LogP contribution < -0.4 is 5.73 Å². The van der Waals surface area contributed by atoms with E-state index in [1.54, 1.807) is 7.11 Å². The lowest BCUT2D eigenvalue weighted by Crippen LogP contribution is -2.48. The van der Waals surface area contributed by atoms with Crippen molar-refractivity contribution in [2.24, 2.45) is 11.1 Å². The zero-order valence-electron chi connectivity index (χ0n) is 10.9. The Morgan fingerprint density at radius 3 is 2.56 bits per heavy atom. The number of hydrogen-bond donors (Lipinski definition) is 1. The molecule has 0 radical (unpaired) electrons. The van der Waals surface area contributed by atoms with Crippen molar-refractivity contribution in [3.05, 3.63) is 0 Å². The summed E-state index contributed by atoms with van der Waals surface area (Å²) < 4.78 is 10.6. The van der Waals surface area contributed by atoms with Gasteiger partial charge in [-0.15, -0.1) is 0 Å². The highest BCUT2D eigenvalue weighted by Gasteiger charge is 2.33. The topological polar surface area (TPSA) is 47.7 Å². The van der Waals surface area contributed by atoms with Crippen molar-refractivity contribution in [3.63, 3.8) is 0 Å². The maximum absolute atomic E-state index is 5.95. The van der Waals surface area contributed by atoms with Crippen LogP contribution in [0.2, 0.25) is 0 Å². The highest BCUT2D eigenvalue weighted by atomic mass is 16.5. The second kappa shape index (κ2) is 6.55. The first-order valence-corrected chi connectivity index (χ1v) is 6.10. The number of methoxy groups -OCH3 is 1. The summed E-state index contributed by atoms with van der Waals surface area (Å²) in [7, 11) is 3.90. The molecular weight excluding hydrogens is 204 g/mol. The molecule has 1 aliphatic rings. The van der Waals surface area contributed by atoms with E-state index < -0.39 is 0 Å². The Morgan fingerprint density at radius 2 is 2.06 bits per heavy atom. The molecular formula is C12H26N2O2. The summed E-state index contributed by atoms with van der Waals surface area (Å²) in [5.74, 6) is 0. The monoisotopic (exact) mass is 230 g/mol. The molecule has 1 saturated heterocycles. The summed E-state index contributed by atoms with van der Waals surface area (Å²) in [5, 5.41) is 0. The van der Waals surface area contributed by atoms with Gasteiger partial charge in [-0.25, -0.2) is 0 Å². The second-order valence-corrected chi connectivity index (χ2v) is 5.04. The lowest BCUT2D eigenvalue weighted by molar-refractivity contribution is -0.00723. The highest BCUT2D eigenvalue weighted by molar-refractivity contribution is 4.86. The summed E-state index contributed by atoms with van der Waals surface area (Å²) in [6.45, 7) is 6.45. The molecule has 96 valence electrons. The van der Waals surface area contributed by atoms with Crippen molar-refractivity contribution < 1.29 is 9.47 Å². The zero-order chi connectivity index (χ0) is 12.0. The van der Waals surface area contributed by atoms with Crippen molar-refractivity contribution in [2.75, 3.05) is 47.1 Å². The Balaban J connectivity index is 2.48. The van der Waals surface area contributed by atoms with Gasteiger partial charge >= 0.3 is 0 Å². The van der Waals surface area contributed by atoms with Crippen LogP contribution in [0.1, 0.15) is 19.8 Å². The van der Waals surface area contributed by atoms with E-state index in [9.17, 15) is 0 Å². The van der Waals surface area contributed by atoms with Crippen LogP contribution >= 0.6 is 0 Å². The van der Waals surface area contributed by atoms with Crippen LogP contribution in [-0.2, 0) is 9.47 Å². The lowest BCUT2D eigenvalue weighted by Gasteiger charge is -2.40. The summed E-state index contributed by atoms with van der Waals surface area (Å²) in [5.41, 5.74) is 6.19. The van der Waals surface area contributed by atoms with Gasteiger partial charge in [0.05, 0.1) is 6.61 Å². The molecule has 0 aromatic rings. The molecule has 1 fully saturated rings. The molecule has 0 bridgehead atoms. The van der Waals surface area contributed by atoms with Crippen molar-refractivity contribution in [1.82, 2.24) is 4.90 Å². The third kappa shape index (κ3) is 3.70. The maximum atomic E-state index is 5.95. The number of nitrogens with zero attached hydrogens (tertiary/aromatic N) is 1. The van der Waals surface area contributed by atoms with Crippen LogP contribution in [0.15, 0.2) is 0 Å². The minimum absolute atomic E-state index is 0.245. The summed E-state index contributed by atoms with van der Waals surface area (Å²) in [4.78, 5) is 2.35. The predicted octanol–water partition coefficient (Wildman–Crippen LogP) is 0.709. The Morgan fingerprint density at radius 1 is 1.44 bits per heavy atom. The van der Waals surface area contributed by atoms with Crippen LogP contribution in [-0.4, -0.2) is 58.0 Å². The van der Waals surface area contributed by atoms with Gasteiger partial charge in [-0.1, -0.05) is 0 Å². The molecule has 16 heavy (non-hydrogen) atoms. The molecule has 0 aliphatic carbocycles. The fourth-order valence-corrected chi connectivity index (χ4v) is 2.28. The SMILES string of the molecule is COCC(C)N(C)CC1(CN)CCOCC1. The van der Waals surface area contributed by atoms with Gasteiger partial charge in [-0.2, -0.15) is 0 Å². The fraction of sp³-hybridized carbons (Fsp3) is 1.00. The third-order valence-corrected chi connectivity index (χ3v) is 3.73. The first kappa shape index (κ1) is 13.9. The van der Waals surface area contributed by atoms with Crippen molar-refractivity contribution in [3.8, 4) is 0 Å². The van der Waals surface area contributed by atoms with E-state index >= 15 is 0 Å². The largest absolute Gasteiger partial charge is 0.383 e. The number of likely N-dealkylation sites (N-methyl/N-ethyl adjacent to an activating group) is 1. The van der Waals surface area contributed by atoms with Crippen molar-refractivity contribution in [2.45, 2.75) is 25.8 Å². The molecule has 1 heterocycles. The van der Waals surface area contributed by atoms with Gasteiger partial charge in [-0.3, -0.25) is 0 Å². The van der Waals surface area contributed by atoms with Crippen molar-refractivity contribution in [1.29, 1.82) is 0 Å². The van der Waals surface area contributed by atoms with E-state index in [0.717, 1.165) is 45.8 Å². The van der Waals surface area contributed by atoms with Crippen LogP contribution in [0.5, 0.6) is 0 Å². The molecule has 4 nitrogen and oxygen atoms in total. The molecule has 0 aromatic carbocycles. The summed E-state index contributed by atoms with van der Waals surface area (Å²) >= 11 is 0. The molecule has 0 saturated carbocycles. The average molecular weight is 230 g/mol.